The van der Waals surface area contributed by atoms with E-state index in [-0.39, 0.29) is 0 Å². The Balaban J connectivity index is 1.62. The highest BCUT2D eigenvalue weighted by Crippen LogP contribution is 2.18. The van der Waals surface area contributed by atoms with Gasteiger partial charge in [-0.15, -0.1) is 0 Å². The van der Waals surface area contributed by atoms with Crippen LogP contribution in [0, 0.1) is 5.92 Å². The zero-order chi connectivity index (χ0) is 11.9. The van der Waals surface area contributed by atoms with Gasteiger partial charge in [0.05, 0.1) is 0 Å². The van der Waals surface area contributed by atoms with E-state index in [0.717, 1.165) is 25.2 Å². The number of ether oxygens (including phenoxy) is 1. The summed E-state index contributed by atoms with van der Waals surface area (Å²) in [4.78, 5) is 2.65. The minimum absolute atomic E-state index is 0.739. The number of nitrogens with one attached hydrogen (secondary N) is 1. The van der Waals surface area contributed by atoms with Gasteiger partial charge in [-0.2, -0.15) is 0 Å². The Morgan fingerprint density at radius 2 is 2.29 bits per heavy atom. The second kappa shape index (κ2) is 7.34. The molecule has 0 amide bonds. The van der Waals surface area contributed by atoms with Crippen LogP contribution in [0.2, 0.25) is 0 Å². The van der Waals surface area contributed by atoms with Crippen LogP contribution < -0.4 is 5.32 Å². The summed E-state index contributed by atoms with van der Waals surface area (Å²) in [5, 5.41) is 3.66. The summed E-state index contributed by atoms with van der Waals surface area (Å²) >= 11 is 0. The largest absolute Gasteiger partial charge is 0.381 e. The van der Waals surface area contributed by atoms with Gasteiger partial charge in [0.1, 0.15) is 0 Å². The highest BCUT2D eigenvalue weighted by atomic mass is 16.5. The lowest BCUT2D eigenvalue weighted by Gasteiger charge is -2.33. The minimum atomic E-state index is 0.739. The van der Waals surface area contributed by atoms with Gasteiger partial charge in [-0.25, -0.2) is 0 Å². The lowest BCUT2D eigenvalue weighted by molar-refractivity contribution is 0.162. The fourth-order valence-electron chi connectivity index (χ4n) is 2.95. The Hall–Kier alpha value is -0.120. The zero-order valence-corrected chi connectivity index (χ0v) is 11.3. The van der Waals surface area contributed by atoms with Crippen molar-refractivity contribution in [3.8, 4) is 0 Å². The number of likely N-dealkylation sites (tertiary alicyclic amines) is 1. The van der Waals surface area contributed by atoms with Crippen LogP contribution in [0.1, 0.15) is 39.0 Å². The quantitative estimate of drug-likeness (QED) is 0.767. The van der Waals surface area contributed by atoms with Crippen LogP contribution in [-0.2, 0) is 4.74 Å². The summed E-state index contributed by atoms with van der Waals surface area (Å²) in [5.74, 6) is 0.832. The molecule has 0 aromatic rings. The van der Waals surface area contributed by atoms with Crippen molar-refractivity contribution in [1.29, 1.82) is 0 Å². The molecule has 0 saturated carbocycles. The standard InChI is InChI=1S/C14H28N2O/c1-2-7-15-14-4-3-8-16(11-14)9-5-13-6-10-17-12-13/h13-15H,2-12H2,1H3. The van der Waals surface area contributed by atoms with Crippen molar-refractivity contribution in [3.63, 3.8) is 0 Å². The SMILES string of the molecule is CCCNC1CCCN(CCC2CCOC2)C1. The van der Waals surface area contributed by atoms with Crippen LogP contribution in [0.3, 0.4) is 0 Å². The molecule has 2 atom stereocenters. The molecule has 2 heterocycles. The zero-order valence-electron chi connectivity index (χ0n) is 11.3. The first-order valence-corrected chi connectivity index (χ1v) is 7.42. The number of piperidine rings is 1. The van der Waals surface area contributed by atoms with Gasteiger partial charge in [0.15, 0.2) is 0 Å². The van der Waals surface area contributed by atoms with E-state index >= 15 is 0 Å². The Labute approximate surface area is 106 Å². The van der Waals surface area contributed by atoms with E-state index in [1.807, 2.05) is 0 Å². The molecule has 17 heavy (non-hydrogen) atoms. The molecule has 0 spiro atoms. The molecule has 3 heteroatoms. The second-order valence-corrected chi connectivity index (χ2v) is 5.61. The molecule has 1 N–H and O–H groups in total. The maximum absolute atomic E-state index is 5.44. The van der Waals surface area contributed by atoms with Crippen molar-refractivity contribution in [3.05, 3.63) is 0 Å². The lowest BCUT2D eigenvalue weighted by Crippen LogP contribution is -2.46. The minimum Gasteiger partial charge on any atom is -0.381 e. The molecule has 100 valence electrons. The second-order valence-electron chi connectivity index (χ2n) is 5.61. The van der Waals surface area contributed by atoms with E-state index in [2.05, 4.69) is 17.1 Å². The highest BCUT2D eigenvalue weighted by molar-refractivity contribution is 4.78. The van der Waals surface area contributed by atoms with Crippen molar-refractivity contribution in [1.82, 2.24) is 10.2 Å². The molecule has 2 saturated heterocycles. The number of hydrogen-bond acceptors (Lipinski definition) is 3. The molecule has 2 rings (SSSR count). The molecule has 2 aliphatic rings. The Bertz CT molecular complexity index is 204. The first kappa shape index (κ1) is 13.3. The van der Waals surface area contributed by atoms with Gasteiger partial charge in [0.2, 0.25) is 0 Å². The molecule has 2 fully saturated rings. The van der Waals surface area contributed by atoms with Crippen LogP contribution >= 0.6 is 0 Å². The van der Waals surface area contributed by atoms with Crippen molar-refractivity contribution in [2.24, 2.45) is 5.92 Å². The predicted molar refractivity (Wildman–Crippen MR) is 71.3 cm³/mol. The average Bonchev–Trinajstić information content (AvgIpc) is 2.87. The molecule has 0 aromatic heterocycles. The molecule has 0 aliphatic carbocycles. The molecule has 2 unspecified atom stereocenters. The third kappa shape index (κ3) is 4.57. The molecule has 0 radical (unpaired) electrons. The third-order valence-electron chi connectivity index (χ3n) is 4.07. The fraction of sp³-hybridized carbons (Fsp3) is 1.00. The molecule has 0 aromatic carbocycles. The van der Waals surface area contributed by atoms with Gasteiger partial charge in [-0.05, 0) is 57.7 Å². The summed E-state index contributed by atoms with van der Waals surface area (Å²) in [6.07, 6.45) is 6.59. The smallest absolute Gasteiger partial charge is 0.0495 e. The summed E-state index contributed by atoms with van der Waals surface area (Å²) in [6.45, 7) is 9.25. The van der Waals surface area contributed by atoms with E-state index in [1.54, 1.807) is 0 Å². The van der Waals surface area contributed by atoms with Gasteiger partial charge in [-0.1, -0.05) is 6.92 Å². The van der Waals surface area contributed by atoms with Crippen molar-refractivity contribution < 1.29 is 4.74 Å². The van der Waals surface area contributed by atoms with E-state index in [9.17, 15) is 0 Å². The monoisotopic (exact) mass is 240 g/mol. The van der Waals surface area contributed by atoms with Gasteiger partial charge in [0.25, 0.3) is 0 Å². The van der Waals surface area contributed by atoms with Gasteiger partial charge >= 0.3 is 0 Å². The van der Waals surface area contributed by atoms with Crippen molar-refractivity contribution in [2.45, 2.75) is 45.1 Å². The van der Waals surface area contributed by atoms with Crippen LogP contribution in [0.5, 0.6) is 0 Å². The predicted octanol–water partition coefficient (Wildman–Crippen LogP) is 1.88. The Kier molecular flexibility index (Phi) is 5.75. The molecule has 2 aliphatic heterocycles. The average molecular weight is 240 g/mol. The molecule has 3 nitrogen and oxygen atoms in total. The van der Waals surface area contributed by atoms with E-state index < -0.39 is 0 Å². The van der Waals surface area contributed by atoms with Crippen LogP contribution in [0.4, 0.5) is 0 Å². The molecular weight excluding hydrogens is 212 g/mol. The first-order chi connectivity index (χ1) is 8.38. The third-order valence-corrected chi connectivity index (χ3v) is 4.07. The normalized spacial score (nSPS) is 30.9. The first-order valence-electron chi connectivity index (χ1n) is 7.42. The van der Waals surface area contributed by atoms with Crippen molar-refractivity contribution >= 4 is 0 Å². The van der Waals surface area contributed by atoms with Gasteiger partial charge in [0, 0.05) is 25.8 Å². The van der Waals surface area contributed by atoms with Crippen LogP contribution in [0.15, 0.2) is 0 Å². The molecule has 0 bridgehead atoms. The highest BCUT2D eigenvalue weighted by Gasteiger charge is 2.21. The molecular formula is C14H28N2O. The van der Waals surface area contributed by atoms with E-state index in [1.165, 1.54) is 58.3 Å². The summed E-state index contributed by atoms with van der Waals surface area (Å²) in [5.41, 5.74) is 0. The van der Waals surface area contributed by atoms with Gasteiger partial charge < -0.3 is 15.0 Å². The topological polar surface area (TPSA) is 24.5 Å². The summed E-state index contributed by atoms with van der Waals surface area (Å²) in [7, 11) is 0. The summed E-state index contributed by atoms with van der Waals surface area (Å²) < 4.78 is 5.44. The Morgan fingerprint density at radius 1 is 1.35 bits per heavy atom. The summed E-state index contributed by atoms with van der Waals surface area (Å²) in [6, 6.07) is 0.739. The van der Waals surface area contributed by atoms with Crippen LogP contribution in [-0.4, -0.2) is 50.3 Å². The van der Waals surface area contributed by atoms with E-state index in [0.29, 0.717) is 0 Å². The number of rotatable bonds is 6. The number of hydrogen-bond donors (Lipinski definition) is 1. The van der Waals surface area contributed by atoms with E-state index in [4.69, 9.17) is 4.74 Å². The number of nitrogens with zero attached hydrogens (tertiary/aromatic N) is 1. The maximum Gasteiger partial charge on any atom is 0.0495 e. The fourth-order valence-corrected chi connectivity index (χ4v) is 2.95. The van der Waals surface area contributed by atoms with Crippen LogP contribution in [0.25, 0.3) is 0 Å². The van der Waals surface area contributed by atoms with Gasteiger partial charge in [-0.3, -0.25) is 0 Å². The van der Waals surface area contributed by atoms with Crippen molar-refractivity contribution in [2.75, 3.05) is 39.4 Å². The maximum atomic E-state index is 5.44. The Morgan fingerprint density at radius 3 is 3.06 bits per heavy atom. The lowest BCUT2D eigenvalue weighted by atomic mass is 10.0.